The molecule has 3 atom stereocenters. The fourth-order valence-electron chi connectivity index (χ4n) is 1.72. The number of nitrogens with one attached hydrogen (secondary N) is 3. The second-order valence-electron chi connectivity index (χ2n) is 5.29. The van der Waals surface area contributed by atoms with Crippen molar-refractivity contribution < 1.29 is 33.9 Å². The highest BCUT2D eigenvalue weighted by molar-refractivity contribution is 5.97. The highest BCUT2D eigenvalue weighted by Gasteiger charge is 2.30. The molecule has 0 heterocycles. The third kappa shape index (κ3) is 8.58. The van der Waals surface area contributed by atoms with Gasteiger partial charge in [0.05, 0.1) is 19.4 Å². The van der Waals surface area contributed by atoms with Gasteiger partial charge in [-0.3, -0.25) is 28.8 Å². The van der Waals surface area contributed by atoms with Gasteiger partial charge in [-0.05, 0) is 6.92 Å². The summed E-state index contributed by atoms with van der Waals surface area (Å²) in [6.45, 7) is 0.699. The molecule has 3 unspecified atom stereocenters. The molecular formula is C13H22N6O7. The first-order chi connectivity index (χ1) is 12.0. The Hall–Kier alpha value is -3.22. The van der Waals surface area contributed by atoms with Crippen LogP contribution in [0.3, 0.4) is 0 Å². The van der Waals surface area contributed by atoms with E-state index in [1.165, 1.54) is 6.92 Å². The molecule has 13 nitrogen and oxygen atoms in total. The van der Waals surface area contributed by atoms with Crippen molar-refractivity contribution in [3.63, 3.8) is 0 Å². The molecule has 13 heteroatoms. The van der Waals surface area contributed by atoms with Crippen LogP contribution in [0.2, 0.25) is 0 Å². The van der Waals surface area contributed by atoms with Crippen molar-refractivity contribution in [1.29, 1.82) is 0 Å². The number of aliphatic carboxylic acids is 1. The first-order valence-corrected chi connectivity index (χ1v) is 7.37. The van der Waals surface area contributed by atoms with Gasteiger partial charge >= 0.3 is 5.97 Å². The molecule has 0 spiro atoms. The number of hydrogen-bond acceptors (Lipinski definition) is 7. The lowest BCUT2D eigenvalue weighted by atomic mass is 10.1. The molecule has 0 aromatic carbocycles. The van der Waals surface area contributed by atoms with E-state index in [2.05, 4.69) is 16.0 Å². The molecule has 0 aliphatic heterocycles. The molecule has 0 saturated carbocycles. The quantitative estimate of drug-likeness (QED) is 0.185. The van der Waals surface area contributed by atoms with Gasteiger partial charge in [0.1, 0.15) is 18.1 Å². The zero-order valence-corrected chi connectivity index (χ0v) is 14.0. The molecule has 0 aliphatic rings. The summed E-state index contributed by atoms with van der Waals surface area (Å²) in [7, 11) is 0. The van der Waals surface area contributed by atoms with Crippen molar-refractivity contribution in [2.24, 2.45) is 17.2 Å². The largest absolute Gasteiger partial charge is 0.480 e. The number of hydrogen-bond donors (Lipinski definition) is 7. The Kier molecular flexibility index (Phi) is 9.29. The minimum atomic E-state index is -1.52. The minimum Gasteiger partial charge on any atom is -0.480 e. The van der Waals surface area contributed by atoms with E-state index in [9.17, 15) is 28.8 Å². The normalized spacial score (nSPS) is 13.6. The summed E-state index contributed by atoms with van der Waals surface area (Å²) in [5, 5.41) is 15.1. The number of carboxylic acids is 1. The molecule has 0 aromatic heterocycles. The van der Waals surface area contributed by atoms with Gasteiger partial charge < -0.3 is 38.3 Å². The van der Waals surface area contributed by atoms with Crippen LogP contribution in [-0.4, -0.2) is 65.3 Å². The summed E-state index contributed by atoms with van der Waals surface area (Å²) in [5.74, 6) is -5.97. The summed E-state index contributed by atoms with van der Waals surface area (Å²) in [6, 6.07) is -4.26. The Morgan fingerprint density at radius 3 is 1.65 bits per heavy atom. The van der Waals surface area contributed by atoms with Crippen LogP contribution < -0.4 is 33.2 Å². The summed E-state index contributed by atoms with van der Waals surface area (Å²) < 4.78 is 0. The molecule has 0 aromatic rings. The highest BCUT2D eigenvalue weighted by Crippen LogP contribution is 1.99. The molecule has 0 saturated heterocycles. The van der Waals surface area contributed by atoms with Crippen LogP contribution >= 0.6 is 0 Å². The number of carboxylic acid groups (broad SMARTS) is 1. The predicted molar refractivity (Wildman–Crippen MR) is 85.8 cm³/mol. The van der Waals surface area contributed by atoms with E-state index in [0.717, 1.165) is 0 Å². The number of carbonyl (C=O) groups excluding carboxylic acids is 5. The number of primary amides is 2. The van der Waals surface area contributed by atoms with Gasteiger partial charge in [-0.25, -0.2) is 0 Å². The average molecular weight is 374 g/mol. The van der Waals surface area contributed by atoms with Gasteiger partial charge in [-0.2, -0.15) is 0 Å². The van der Waals surface area contributed by atoms with E-state index < -0.39 is 73.0 Å². The Labute approximate surface area is 148 Å². The first kappa shape index (κ1) is 22.8. The lowest BCUT2D eigenvalue weighted by molar-refractivity contribution is -0.142. The van der Waals surface area contributed by atoms with E-state index in [1.54, 1.807) is 0 Å². The van der Waals surface area contributed by atoms with E-state index >= 15 is 0 Å². The van der Waals surface area contributed by atoms with Crippen molar-refractivity contribution in [1.82, 2.24) is 16.0 Å². The van der Waals surface area contributed by atoms with Crippen LogP contribution in [0.5, 0.6) is 0 Å². The van der Waals surface area contributed by atoms with E-state index in [1.807, 2.05) is 0 Å². The molecule has 0 aliphatic carbocycles. The molecule has 146 valence electrons. The van der Waals surface area contributed by atoms with Gasteiger partial charge in [0, 0.05) is 0 Å². The molecule has 0 radical (unpaired) electrons. The fourth-order valence-corrected chi connectivity index (χ4v) is 1.72. The number of amides is 5. The Balaban J connectivity index is 5.24. The van der Waals surface area contributed by atoms with Crippen molar-refractivity contribution in [2.75, 3.05) is 6.54 Å². The molecule has 10 N–H and O–H groups in total. The lowest BCUT2D eigenvalue weighted by Crippen LogP contribution is -2.57. The van der Waals surface area contributed by atoms with Crippen LogP contribution in [0, 0.1) is 0 Å². The van der Waals surface area contributed by atoms with Gasteiger partial charge in [0.15, 0.2) is 0 Å². The van der Waals surface area contributed by atoms with Crippen molar-refractivity contribution in [3.8, 4) is 0 Å². The number of rotatable bonds is 11. The second kappa shape index (κ2) is 10.6. The van der Waals surface area contributed by atoms with Gasteiger partial charge in [0.2, 0.25) is 29.5 Å². The molecule has 0 fully saturated rings. The zero-order valence-electron chi connectivity index (χ0n) is 14.0. The Morgan fingerprint density at radius 1 is 0.846 bits per heavy atom. The monoisotopic (exact) mass is 374 g/mol. The topological polar surface area (TPSA) is 237 Å². The van der Waals surface area contributed by atoms with Crippen molar-refractivity contribution in [3.05, 3.63) is 0 Å². The summed E-state index contributed by atoms with van der Waals surface area (Å²) >= 11 is 0. The van der Waals surface area contributed by atoms with E-state index in [-0.39, 0.29) is 0 Å². The van der Waals surface area contributed by atoms with Crippen LogP contribution in [0.4, 0.5) is 0 Å². The second-order valence-corrected chi connectivity index (χ2v) is 5.29. The summed E-state index contributed by atoms with van der Waals surface area (Å²) in [5.41, 5.74) is 15.1. The van der Waals surface area contributed by atoms with Crippen LogP contribution in [0.15, 0.2) is 0 Å². The molecule has 26 heavy (non-hydrogen) atoms. The SMILES string of the molecule is CC(NC(=O)C(CC(N)=O)NC(=O)C(CC(N)=O)NC(=O)CN)C(=O)O. The van der Waals surface area contributed by atoms with Crippen molar-refractivity contribution >= 4 is 35.5 Å². The fraction of sp³-hybridized carbons (Fsp3) is 0.538. The third-order valence-electron chi connectivity index (χ3n) is 3.01. The first-order valence-electron chi connectivity index (χ1n) is 7.37. The molecule has 0 bridgehead atoms. The van der Waals surface area contributed by atoms with Crippen LogP contribution in [0.1, 0.15) is 19.8 Å². The van der Waals surface area contributed by atoms with Crippen molar-refractivity contribution in [2.45, 2.75) is 37.9 Å². The maximum absolute atomic E-state index is 12.2. The molecule has 5 amide bonds. The van der Waals surface area contributed by atoms with Gasteiger partial charge in [-0.1, -0.05) is 0 Å². The number of carbonyl (C=O) groups is 6. The van der Waals surface area contributed by atoms with Crippen LogP contribution in [-0.2, 0) is 28.8 Å². The minimum absolute atomic E-state index is 0.468. The maximum atomic E-state index is 12.2. The molecule has 0 rings (SSSR count). The Morgan fingerprint density at radius 2 is 1.27 bits per heavy atom. The van der Waals surface area contributed by atoms with Gasteiger partial charge in [0.25, 0.3) is 0 Å². The van der Waals surface area contributed by atoms with E-state index in [4.69, 9.17) is 22.3 Å². The lowest BCUT2D eigenvalue weighted by Gasteiger charge is -2.22. The standard InChI is InChI=1S/C13H22N6O7/c1-5(13(25)26)17-11(23)7(3-9(16)21)19-12(24)6(2-8(15)20)18-10(22)4-14/h5-7H,2-4,14H2,1H3,(H2,15,20)(H2,16,21)(H,17,23)(H,18,22)(H,19,24)(H,25,26). The predicted octanol–water partition coefficient (Wildman–Crippen LogP) is -4.75. The zero-order chi connectivity index (χ0) is 20.4. The van der Waals surface area contributed by atoms with E-state index in [0.29, 0.717) is 0 Å². The summed E-state index contributed by atoms with van der Waals surface area (Å²) in [6.07, 6.45) is -1.23. The summed E-state index contributed by atoms with van der Waals surface area (Å²) in [4.78, 5) is 68.5. The molecular weight excluding hydrogens is 352 g/mol. The smallest absolute Gasteiger partial charge is 0.325 e. The Bertz CT molecular complexity index is 594. The van der Waals surface area contributed by atoms with Gasteiger partial charge in [-0.15, -0.1) is 0 Å². The number of nitrogens with two attached hydrogens (primary N) is 3. The highest BCUT2D eigenvalue weighted by atomic mass is 16.4. The average Bonchev–Trinajstić information content (AvgIpc) is 2.52. The maximum Gasteiger partial charge on any atom is 0.325 e. The third-order valence-corrected chi connectivity index (χ3v) is 3.01. The van der Waals surface area contributed by atoms with Crippen LogP contribution in [0.25, 0.3) is 0 Å².